The topological polar surface area (TPSA) is 55.6 Å². The van der Waals surface area contributed by atoms with Gasteiger partial charge < -0.3 is 5.32 Å². The third-order valence-electron chi connectivity index (χ3n) is 3.35. The van der Waals surface area contributed by atoms with Crippen molar-refractivity contribution in [2.45, 2.75) is 46.2 Å². The maximum Gasteiger partial charge on any atom is 0.138 e. The average Bonchev–Trinajstić information content (AvgIpc) is 2.90. The highest BCUT2D eigenvalue weighted by atomic mass is 15.3. The number of rotatable bonds is 8. The zero-order chi connectivity index (χ0) is 15.1. The highest BCUT2D eigenvalue weighted by Crippen LogP contribution is 2.17. The van der Waals surface area contributed by atoms with Gasteiger partial charge in [-0.2, -0.15) is 5.10 Å². The molecule has 1 N–H and O–H groups in total. The summed E-state index contributed by atoms with van der Waals surface area (Å²) in [6.45, 7) is 8.45. The van der Waals surface area contributed by atoms with Crippen LogP contribution in [0.1, 0.15) is 44.6 Å². The largest absolute Gasteiger partial charge is 0.310 e. The molecular weight excluding hydrogens is 262 g/mol. The summed E-state index contributed by atoms with van der Waals surface area (Å²) >= 11 is 0. The normalized spacial score (nSPS) is 12.8. The van der Waals surface area contributed by atoms with Crippen LogP contribution >= 0.6 is 0 Å². The summed E-state index contributed by atoms with van der Waals surface area (Å²) in [5, 5.41) is 7.93. The molecule has 21 heavy (non-hydrogen) atoms. The van der Waals surface area contributed by atoms with Crippen LogP contribution in [0.15, 0.2) is 30.9 Å². The maximum atomic E-state index is 4.43. The van der Waals surface area contributed by atoms with Crippen molar-refractivity contribution in [3.05, 3.63) is 42.2 Å². The lowest BCUT2D eigenvalue weighted by atomic mass is 10.1. The summed E-state index contributed by atoms with van der Waals surface area (Å²) in [7, 11) is 0. The number of nitrogens with one attached hydrogen (secondary N) is 1. The van der Waals surface area contributed by atoms with Gasteiger partial charge >= 0.3 is 0 Å². The van der Waals surface area contributed by atoms with Crippen molar-refractivity contribution in [2.24, 2.45) is 5.92 Å². The Balaban J connectivity index is 2.13. The van der Waals surface area contributed by atoms with Gasteiger partial charge in [-0.25, -0.2) is 9.67 Å². The molecule has 5 nitrogen and oxygen atoms in total. The molecule has 0 saturated heterocycles. The second-order valence-electron chi connectivity index (χ2n) is 5.75. The van der Waals surface area contributed by atoms with Crippen LogP contribution in [0.25, 0.3) is 0 Å². The van der Waals surface area contributed by atoms with E-state index in [0.717, 1.165) is 31.8 Å². The molecule has 0 spiro atoms. The minimum absolute atomic E-state index is 0.230. The fraction of sp³-hybridized carbons (Fsp3) is 0.562. The molecule has 2 aromatic rings. The molecule has 5 heteroatoms. The smallest absolute Gasteiger partial charge is 0.138 e. The molecule has 0 fully saturated rings. The molecule has 2 heterocycles. The molecule has 2 rings (SSSR count). The third kappa shape index (κ3) is 4.63. The molecule has 1 atom stereocenters. The molecule has 0 radical (unpaired) electrons. The van der Waals surface area contributed by atoms with Crippen molar-refractivity contribution in [3.63, 3.8) is 0 Å². The van der Waals surface area contributed by atoms with Crippen LogP contribution in [0.4, 0.5) is 0 Å². The van der Waals surface area contributed by atoms with Crippen molar-refractivity contribution in [1.29, 1.82) is 0 Å². The standard InChI is InChI=1S/C16H25N5/c1-4-7-18-15(14-6-5-8-17-10-14)9-16-19-12-20-21(16)11-13(2)3/h5-6,8,10,12-13,15,18H,4,7,9,11H2,1-3H3. The van der Waals surface area contributed by atoms with Crippen molar-refractivity contribution >= 4 is 0 Å². The lowest BCUT2D eigenvalue weighted by Crippen LogP contribution is -2.26. The van der Waals surface area contributed by atoms with Gasteiger partial charge in [0.15, 0.2) is 0 Å². The molecule has 0 aliphatic rings. The van der Waals surface area contributed by atoms with Gasteiger partial charge in [-0.15, -0.1) is 0 Å². The summed E-state index contributed by atoms with van der Waals surface area (Å²) in [4.78, 5) is 8.66. The van der Waals surface area contributed by atoms with E-state index in [2.05, 4.69) is 47.2 Å². The number of hydrogen-bond acceptors (Lipinski definition) is 4. The van der Waals surface area contributed by atoms with E-state index in [0.29, 0.717) is 5.92 Å². The fourth-order valence-electron chi connectivity index (χ4n) is 2.34. The molecule has 0 amide bonds. The number of hydrogen-bond donors (Lipinski definition) is 1. The first-order valence-electron chi connectivity index (χ1n) is 7.70. The summed E-state index contributed by atoms with van der Waals surface area (Å²) in [5.41, 5.74) is 1.20. The van der Waals surface area contributed by atoms with Crippen LogP contribution in [0.2, 0.25) is 0 Å². The van der Waals surface area contributed by atoms with Gasteiger partial charge in [0, 0.05) is 31.4 Å². The monoisotopic (exact) mass is 287 g/mol. The Morgan fingerprint density at radius 2 is 2.19 bits per heavy atom. The van der Waals surface area contributed by atoms with Gasteiger partial charge in [0.25, 0.3) is 0 Å². The minimum atomic E-state index is 0.230. The van der Waals surface area contributed by atoms with E-state index in [1.807, 2.05) is 23.1 Å². The van der Waals surface area contributed by atoms with Crippen LogP contribution in [-0.4, -0.2) is 26.3 Å². The Hall–Kier alpha value is -1.75. The Morgan fingerprint density at radius 3 is 2.86 bits per heavy atom. The predicted octanol–water partition coefficient (Wildman–Crippen LogP) is 2.61. The van der Waals surface area contributed by atoms with E-state index in [9.17, 15) is 0 Å². The van der Waals surface area contributed by atoms with Gasteiger partial charge in [-0.05, 0) is 30.5 Å². The highest BCUT2D eigenvalue weighted by molar-refractivity contribution is 5.15. The van der Waals surface area contributed by atoms with Gasteiger partial charge in [-0.3, -0.25) is 4.98 Å². The first-order chi connectivity index (χ1) is 10.2. The molecular formula is C16H25N5. The molecule has 0 bridgehead atoms. The molecule has 114 valence electrons. The summed E-state index contributed by atoms with van der Waals surface area (Å²) in [6.07, 6.45) is 7.32. The van der Waals surface area contributed by atoms with Crippen LogP contribution < -0.4 is 5.32 Å². The van der Waals surface area contributed by atoms with Crippen LogP contribution in [0.3, 0.4) is 0 Å². The van der Waals surface area contributed by atoms with E-state index >= 15 is 0 Å². The van der Waals surface area contributed by atoms with Gasteiger partial charge in [0.1, 0.15) is 12.2 Å². The van der Waals surface area contributed by atoms with Gasteiger partial charge in [0.2, 0.25) is 0 Å². The summed E-state index contributed by atoms with van der Waals surface area (Å²) < 4.78 is 2.02. The molecule has 0 aromatic carbocycles. The average molecular weight is 287 g/mol. The first-order valence-corrected chi connectivity index (χ1v) is 7.70. The molecule has 2 aromatic heterocycles. The van der Waals surface area contributed by atoms with Crippen LogP contribution in [-0.2, 0) is 13.0 Å². The SMILES string of the molecule is CCCNC(Cc1ncnn1CC(C)C)c1cccnc1. The molecule has 0 aliphatic carbocycles. The Kier molecular flexibility index (Phi) is 5.87. The van der Waals surface area contributed by atoms with Gasteiger partial charge in [0.05, 0.1) is 0 Å². The molecule has 0 saturated carbocycles. The Morgan fingerprint density at radius 1 is 1.33 bits per heavy atom. The lowest BCUT2D eigenvalue weighted by molar-refractivity contribution is 0.443. The van der Waals surface area contributed by atoms with Crippen LogP contribution in [0.5, 0.6) is 0 Å². The summed E-state index contributed by atoms with van der Waals surface area (Å²) in [5.74, 6) is 1.59. The van der Waals surface area contributed by atoms with Crippen molar-refractivity contribution in [1.82, 2.24) is 25.1 Å². The van der Waals surface area contributed by atoms with E-state index in [-0.39, 0.29) is 6.04 Å². The van der Waals surface area contributed by atoms with E-state index < -0.39 is 0 Å². The number of pyridine rings is 1. The third-order valence-corrected chi connectivity index (χ3v) is 3.35. The number of nitrogens with zero attached hydrogens (tertiary/aromatic N) is 4. The Labute approximate surface area is 126 Å². The molecule has 0 aliphatic heterocycles. The lowest BCUT2D eigenvalue weighted by Gasteiger charge is -2.19. The zero-order valence-electron chi connectivity index (χ0n) is 13.2. The predicted molar refractivity (Wildman–Crippen MR) is 83.8 cm³/mol. The number of aromatic nitrogens is 4. The Bertz CT molecular complexity index is 520. The first kappa shape index (κ1) is 15.6. The maximum absolute atomic E-state index is 4.43. The summed E-state index contributed by atoms with van der Waals surface area (Å²) in [6, 6.07) is 4.33. The second-order valence-corrected chi connectivity index (χ2v) is 5.75. The quantitative estimate of drug-likeness (QED) is 0.811. The van der Waals surface area contributed by atoms with Crippen molar-refractivity contribution in [3.8, 4) is 0 Å². The van der Waals surface area contributed by atoms with Crippen molar-refractivity contribution < 1.29 is 0 Å². The van der Waals surface area contributed by atoms with E-state index in [1.165, 1.54) is 5.56 Å². The highest BCUT2D eigenvalue weighted by Gasteiger charge is 2.16. The van der Waals surface area contributed by atoms with Gasteiger partial charge in [-0.1, -0.05) is 26.8 Å². The van der Waals surface area contributed by atoms with Crippen LogP contribution in [0, 0.1) is 5.92 Å². The zero-order valence-corrected chi connectivity index (χ0v) is 13.2. The fourth-order valence-corrected chi connectivity index (χ4v) is 2.34. The van der Waals surface area contributed by atoms with Crippen molar-refractivity contribution in [2.75, 3.05) is 6.54 Å². The molecule has 1 unspecified atom stereocenters. The van der Waals surface area contributed by atoms with E-state index in [1.54, 1.807) is 6.33 Å². The second kappa shape index (κ2) is 7.88. The minimum Gasteiger partial charge on any atom is -0.310 e. The van der Waals surface area contributed by atoms with E-state index in [4.69, 9.17) is 0 Å².